The summed E-state index contributed by atoms with van der Waals surface area (Å²) in [5.74, 6) is 0.745. The summed E-state index contributed by atoms with van der Waals surface area (Å²) < 4.78 is 0. The van der Waals surface area contributed by atoms with Gasteiger partial charge in [0.2, 0.25) is 0 Å². The monoisotopic (exact) mass is 125 g/mol. The van der Waals surface area contributed by atoms with Crippen molar-refractivity contribution >= 4 is 5.71 Å². The Hall–Kier alpha value is -0.330. The van der Waals surface area contributed by atoms with Crippen LogP contribution in [0.15, 0.2) is 4.99 Å². The van der Waals surface area contributed by atoms with Crippen LogP contribution >= 0.6 is 0 Å². The molecule has 0 spiro atoms. The van der Waals surface area contributed by atoms with Gasteiger partial charge in [-0.05, 0) is 25.7 Å². The molecule has 0 aromatic heterocycles. The topological polar surface area (TPSA) is 12.4 Å². The Kier molecular flexibility index (Phi) is 1.89. The van der Waals surface area contributed by atoms with Crippen LogP contribution in [0.5, 0.6) is 0 Å². The summed E-state index contributed by atoms with van der Waals surface area (Å²) in [4.78, 5) is 4.50. The number of hydrogen-bond donors (Lipinski definition) is 0. The van der Waals surface area contributed by atoms with E-state index in [4.69, 9.17) is 0 Å². The first-order chi connectivity index (χ1) is 4.24. The number of hydrogen-bond acceptors (Lipinski definition) is 1. The van der Waals surface area contributed by atoms with Gasteiger partial charge in [-0.2, -0.15) is 0 Å². The average molecular weight is 125 g/mol. The predicted octanol–water partition coefficient (Wildman–Crippen LogP) is 2.27. The first-order valence-electron chi connectivity index (χ1n) is 3.78. The summed E-state index contributed by atoms with van der Waals surface area (Å²) in [5, 5.41) is 0. The van der Waals surface area contributed by atoms with Gasteiger partial charge in [0.05, 0.1) is 6.04 Å². The van der Waals surface area contributed by atoms with Gasteiger partial charge >= 0.3 is 0 Å². The predicted molar refractivity (Wildman–Crippen MR) is 41.0 cm³/mol. The molecule has 0 N–H and O–H groups in total. The molecular weight excluding hydrogens is 110 g/mol. The van der Waals surface area contributed by atoms with E-state index in [2.05, 4.69) is 25.8 Å². The molecule has 0 radical (unpaired) electrons. The first kappa shape index (κ1) is 6.79. The van der Waals surface area contributed by atoms with Crippen molar-refractivity contribution in [3.8, 4) is 0 Å². The Bertz CT molecular complexity index is 127. The maximum atomic E-state index is 4.50. The molecule has 1 rings (SSSR count). The summed E-state index contributed by atoms with van der Waals surface area (Å²) in [6.45, 7) is 6.61. The van der Waals surface area contributed by atoms with Crippen molar-refractivity contribution in [2.45, 2.75) is 39.7 Å². The highest BCUT2D eigenvalue weighted by Crippen LogP contribution is 2.21. The van der Waals surface area contributed by atoms with Crippen LogP contribution in [0.1, 0.15) is 33.6 Å². The third-order valence-corrected chi connectivity index (χ3v) is 2.20. The van der Waals surface area contributed by atoms with E-state index < -0.39 is 0 Å². The van der Waals surface area contributed by atoms with Gasteiger partial charge in [-0.3, -0.25) is 4.99 Å². The fraction of sp³-hybridized carbons (Fsp3) is 0.875. The SMILES string of the molecule is CCC1CC(C)C(C)=N1. The Morgan fingerprint density at radius 2 is 2.33 bits per heavy atom. The van der Waals surface area contributed by atoms with E-state index in [1.165, 1.54) is 18.6 Å². The van der Waals surface area contributed by atoms with E-state index >= 15 is 0 Å². The molecule has 1 heteroatoms. The molecule has 0 fully saturated rings. The summed E-state index contributed by atoms with van der Waals surface area (Å²) in [7, 11) is 0. The minimum atomic E-state index is 0.639. The minimum absolute atomic E-state index is 0.639. The molecule has 1 heterocycles. The first-order valence-corrected chi connectivity index (χ1v) is 3.78. The lowest BCUT2D eigenvalue weighted by Crippen LogP contribution is -2.01. The molecule has 0 bridgehead atoms. The minimum Gasteiger partial charge on any atom is -0.291 e. The maximum absolute atomic E-state index is 4.50. The average Bonchev–Trinajstić information content (AvgIpc) is 2.13. The van der Waals surface area contributed by atoms with E-state index in [-0.39, 0.29) is 0 Å². The highest BCUT2D eigenvalue weighted by atomic mass is 14.8. The van der Waals surface area contributed by atoms with Gasteiger partial charge in [-0.25, -0.2) is 0 Å². The van der Waals surface area contributed by atoms with Gasteiger partial charge in [0.15, 0.2) is 0 Å². The Morgan fingerprint density at radius 1 is 1.67 bits per heavy atom. The molecule has 0 aromatic carbocycles. The Balaban J connectivity index is 2.52. The van der Waals surface area contributed by atoms with Crippen molar-refractivity contribution in [3.05, 3.63) is 0 Å². The molecule has 2 unspecified atom stereocenters. The van der Waals surface area contributed by atoms with Crippen LogP contribution in [0.4, 0.5) is 0 Å². The lowest BCUT2D eigenvalue weighted by atomic mass is 10.0. The fourth-order valence-electron chi connectivity index (χ4n) is 1.30. The van der Waals surface area contributed by atoms with Crippen molar-refractivity contribution in [2.24, 2.45) is 10.9 Å². The van der Waals surface area contributed by atoms with Crippen molar-refractivity contribution < 1.29 is 0 Å². The van der Waals surface area contributed by atoms with Crippen LogP contribution in [-0.4, -0.2) is 11.8 Å². The van der Waals surface area contributed by atoms with Gasteiger partial charge < -0.3 is 0 Å². The van der Waals surface area contributed by atoms with Gasteiger partial charge in [0.1, 0.15) is 0 Å². The largest absolute Gasteiger partial charge is 0.291 e. The number of aliphatic imine (C=N–C) groups is 1. The lowest BCUT2D eigenvalue weighted by Gasteiger charge is -2.01. The van der Waals surface area contributed by atoms with Gasteiger partial charge in [-0.1, -0.05) is 13.8 Å². The smallest absolute Gasteiger partial charge is 0.0502 e. The second kappa shape index (κ2) is 2.51. The molecule has 1 nitrogen and oxygen atoms in total. The van der Waals surface area contributed by atoms with Crippen LogP contribution in [0.3, 0.4) is 0 Å². The van der Waals surface area contributed by atoms with Gasteiger partial charge in [0.25, 0.3) is 0 Å². The second-order valence-electron chi connectivity index (χ2n) is 2.97. The molecule has 0 saturated carbocycles. The lowest BCUT2D eigenvalue weighted by molar-refractivity contribution is 0.586. The summed E-state index contributed by atoms with van der Waals surface area (Å²) in [5.41, 5.74) is 1.35. The molecule has 52 valence electrons. The quantitative estimate of drug-likeness (QED) is 0.509. The molecule has 2 atom stereocenters. The molecule has 9 heavy (non-hydrogen) atoms. The highest BCUT2D eigenvalue weighted by molar-refractivity contribution is 5.85. The van der Waals surface area contributed by atoms with Crippen LogP contribution < -0.4 is 0 Å². The zero-order valence-electron chi connectivity index (χ0n) is 6.52. The zero-order valence-corrected chi connectivity index (χ0v) is 6.52. The summed E-state index contributed by atoms with van der Waals surface area (Å²) >= 11 is 0. The molecule has 1 aliphatic rings. The fourth-order valence-corrected chi connectivity index (χ4v) is 1.30. The third-order valence-electron chi connectivity index (χ3n) is 2.20. The second-order valence-corrected chi connectivity index (χ2v) is 2.97. The van der Waals surface area contributed by atoms with Gasteiger partial charge in [0, 0.05) is 5.71 Å². The Labute approximate surface area is 57.2 Å². The van der Waals surface area contributed by atoms with Crippen LogP contribution in [0, 0.1) is 5.92 Å². The zero-order chi connectivity index (χ0) is 6.85. The molecule has 0 saturated heterocycles. The molecular formula is C8H15N. The van der Waals surface area contributed by atoms with Crippen molar-refractivity contribution in [2.75, 3.05) is 0 Å². The van der Waals surface area contributed by atoms with Crippen LogP contribution in [0.2, 0.25) is 0 Å². The molecule has 0 amide bonds. The molecule has 0 aromatic rings. The standard InChI is InChI=1S/C8H15N/c1-4-8-5-6(2)7(3)9-8/h6,8H,4-5H2,1-3H3. The highest BCUT2D eigenvalue weighted by Gasteiger charge is 2.19. The normalized spacial score (nSPS) is 34.8. The Morgan fingerprint density at radius 3 is 2.56 bits per heavy atom. The number of nitrogens with zero attached hydrogens (tertiary/aromatic N) is 1. The maximum Gasteiger partial charge on any atom is 0.0502 e. The van der Waals surface area contributed by atoms with E-state index in [0.29, 0.717) is 6.04 Å². The third kappa shape index (κ3) is 1.32. The van der Waals surface area contributed by atoms with E-state index in [1.54, 1.807) is 0 Å². The van der Waals surface area contributed by atoms with Crippen molar-refractivity contribution in [1.82, 2.24) is 0 Å². The van der Waals surface area contributed by atoms with E-state index in [9.17, 15) is 0 Å². The van der Waals surface area contributed by atoms with Gasteiger partial charge in [-0.15, -0.1) is 0 Å². The molecule has 1 aliphatic heterocycles. The van der Waals surface area contributed by atoms with Crippen LogP contribution in [-0.2, 0) is 0 Å². The van der Waals surface area contributed by atoms with E-state index in [0.717, 1.165) is 5.92 Å². The van der Waals surface area contributed by atoms with Crippen molar-refractivity contribution in [1.29, 1.82) is 0 Å². The number of rotatable bonds is 1. The van der Waals surface area contributed by atoms with E-state index in [1.807, 2.05) is 0 Å². The molecule has 0 aliphatic carbocycles. The van der Waals surface area contributed by atoms with Crippen LogP contribution in [0.25, 0.3) is 0 Å². The van der Waals surface area contributed by atoms with Crippen molar-refractivity contribution in [3.63, 3.8) is 0 Å². The summed E-state index contributed by atoms with van der Waals surface area (Å²) in [6.07, 6.45) is 2.49. The summed E-state index contributed by atoms with van der Waals surface area (Å²) in [6, 6.07) is 0.639.